The van der Waals surface area contributed by atoms with Crippen molar-refractivity contribution in [3.05, 3.63) is 33.1 Å². The molecule has 1 aromatic rings. The van der Waals surface area contributed by atoms with Gasteiger partial charge in [0.1, 0.15) is 5.82 Å². The first kappa shape index (κ1) is 11.4. The molecule has 0 bridgehead atoms. The van der Waals surface area contributed by atoms with Crippen LogP contribution in [0.25, 0.3) is 0 Å². The van der Waals surface area contributed by atoms with E-state index in [2.05, 4.69) is 5.32 Å². The Morgan fingerprint density at radius 3 is 2.86 bits per heavy atom. The average Bonchev–Trinajstić information content (AvgIpc) is 2.18. The summed E-state index contributed by atoms with van der Waals surface area (Å²) in [5, 5.41) is 11.0. The fraction of sp³-hybridized carbons (Fsp3) is 0.222. The lowest BCUT2D eigenvalue weighted by Gasteiger charge is -2.03. The fourth-order valence-corrected chi connectivity index (χ4v) is 1.42. The molecule has 76 valence electrons. The minimum absolute atomic E-state index is 0.107. The molecule has 0 saturated heterocycles. The van der Waals surface area contributed by atoms with Crippen LogP contribution in [0.5, 0.6) is 0 Å². The summed E-state index contributed by atoms with van der Waals surface area (Å²) in [4.78, 5) is 11.3. The number of aliphatic hydroxyl groups is 1. The Kier molecular flexibility index (Phi) is 4.27. The van der Waals surface area contributed by atoms with Crippen LogP contribution in [0, 0.1) is 9.39 Å². The van der Waals surface area contributed by atoms with E-state index in [1.54, 1.807) is 0 Å². The lowest BCUT2D eigenvalue weighted by molar-refractivity contribution is 0.0944. The van der Waals surface area contributed by atoms with Gasteiger partial charge in [0, 0.05) is 15.7 Å². The van der Waals surface area contributed by atoms with Gasteiger partial charge < -0.3 is 10.4 Å². The second-order valence-electron chi connectivity index (χ2n) is 2.61. The summed E-state index contributed by atoms with van der Waals surface area (Å²) >= 11 is 1.82. The molecule has 0 aliphatic rings. The maximum Gasteiger partial charge on any atom is 0.251 e. The molecule has 1 aromatic carbocycles. The van der Waals surface area contributed by atoms with Crippen LogP contribution in [0.2, 0.25) is 0 Å². The van der Waals surface area contributed by atoms with Gasteiger partial charge >= 0.3 is 0 Å². The molecule has 0 aromatic heterocycles. The highest BCUT2D eigenvalue weighted by Gasteiger charge is 2.07. The largest absolute Gasteiger partial charge is 0.395 e. The van der Waals surface area contributed by atoms with Gasteiger partial charge in [-0.15, -0.1) is 0 Å². The maximum atomic E-state index is 12.8. The minimum Gasteiger partial charge on any atom is -0.395 e. The van der Waals surface area contributed by atoms with Crippen LogP contribution in [-0.4, -0.2) is 24.2 Å². The van der Waals surface area contributed by atoms with Crippen molar-refractivity contribution in [1.82, 2.24) is 5.32 Å². The first-order chi connectivity index (χ1) is 6.65. The zero-order valence-corrected chi connectivity index (χ0v) is 9.42. The Balaban J connectivity index is 2.76. The van der Waals surface area contributed by atoms with Gasteiger partial charge in [0.05, 0.1) is 6.61 Å². The van der Waals surface area contributed by atoms with Crippen LogP contribution >= 0.6 is 22.6 Å². The molecule has 3 nitrogen and oxygen atoms in total. The summed E-state index contributed by atoms with van der Waals surface area (Å²) in [6, 6.07) is 4.11. The number of rotatable bonds is 3. The van der Waals surface area contributed by atoms with Crippen LogP contribution in [0.15, 0.2) is 18.2 Å². The van der Waals surface area contributed by atoms with Gasteiger partial charge in [-0.05, 0) is 40.8 Å². The Morgan fingerprint density at radius 1 is 1.57 bits per heavy atom. The molecule has 2 N–H and O–H groups in total. The highest BCUT2D eigenvalue weighted by atomic mass is 127. The van der Waals surface area contributed by atoms with Gasteiger partial charge in [0.25, 0.3) is 5.91 Å². The molecule has 0 unspecified atom stereocenters. The second kappa shape index (κ2) is 5.26. The maximum absolute atomic E-state index is 12.8. The molecule has 1 rings (SSSR count). The van der Waals surface area contributed by atoms with E-state index in [0.717, 1.165) is 0 Å². The molecule has 1 amide bonds. The number of hydrogen-bond acceptors (Lipinski definition) is 2. The van der Waals surface area contributed by atoms with Crippen LogP contribution in [0.4, 0.5) is 4.39 Å². The van der Waals surface area contributed by atoms with E-state index in [-0.39, 0.29) is 24.9 Å². The Morgan fingerprint density at radius 2 is 2.29 bits per heavy atom. The van der Waals surface area contributed by atoms with E-state index >= 15 is 0 Å². The molecule has 0 fully saturated rings. The van der Waals surface area contributed by atoms with Crippen molar-refractivity contribution in [3.63, 3.8) is 0 Å². The monoisotopic (exact) mass is 309 g/mol. The lowest BCUT2D eigenvalue weighted by atomic mass is 10.2. The quantitative estimate of drug-likeness (QED) is 0.823. The number of carbonyl (C=O) groups is 1. The zero-order chi connectivity index (χ0) is 10.6. The summed E-state index contributed by atoms with van der Waals surface area (Å²) in [5.41, 5.74) is 0.393. The normalized spacial score (nSPS) is 9.93. The Hall–Kier alpha value is -0.690. The van der Waals surface area contributed by atoms with E-state index in [1.807, 2.05) is 22.6 Å². The first-order valence-corrected chi connectivity index (χ1v) is 5.07. The van der Waals surface area contributed by atoms with Crippen LogP contribution in [0.3, 0.4) is 0 Å². The summed E-state index contributed by atoms with van der Waals surface area (Å²) < 4.78 is 13.2. The third-order valence-corrected chi connectivity index (χ3v) is 2.41. The number of halogens is 2. The summed E-state index contributed by atoms with van der Waals surface area (Å²) in [5.74, 6) is -0.652. The van der Waals surface area contributed by atoms with E-state index in [1.165, 1.54) is 18.2 Å². The van der Waals surface area contributed by atoms with Gasteiger partial charge in [-0.1, -0.05) is 0 Å². The minimum atomic E-state index is -0.343. The molecule has 0 aliphatic carbocycles. The molecular formula is C9H9FINO2. The molecule has 0 atom stereocenters. The van der Waals surface area contributed by atoms with E-state index in [0.29, 0.717) is 9.13 Å². The predicted molar refractivity (Wildman–Crippen MR) is 58.5 cm³/mol. The van der Waals surface area contributed by atoms with Crippen molar-refractivity contribution in [2.24, 2.45) is 0 Å². The summed E-state index contributed by atoms with van der Waals surface area (Å²) in [6.45, 7) is 0.0941. The van der Waals surface area contributed by atoms with Crippen molar-refractivity contribution in [3.8, 4) is 0 Å². The molecule has 0 aliphatic heterocycles. The number of amides is 1. The lowest BCUT2D eigenvalue weighted by Crippen LogP contribution is -2.26. The van der Waals surface area contributed by atoms with Crippen LogP contribution in [-0.2, 0) is 0 Å². The van der Waals surface area contributed by atoms with Gasteiger partial charge in [0.15, 0.2) is 0 Å². The van der Waals surface area contributed by atoms with Gasteiger partial charge in [-0.25, -0.2) is 4.39 Å². The highest BCUT2D eigenvalue weighted by Crippen LogP contribution is 2.12. The summed E-state index contributed by atoms with van der Waals surface area (Å²) in [6.07, 6.45) is 0. The van der Waals surface area contributed by atoms with Gasteiger partial charge in [-0.3, -0.25) is 4.79 Å². The molecule has 0 radical (unpaired) electrons. The Labute approximate surface area is 94.5 Å². The molecule has 0 saturated carbocycles. The second-order valence-corrected chi connectivity index (χ2v) is 3.77. The van der Waals surface area contributed by atoms with Crippen molar-refractivity contribution < 1.29 is 14.3 Å². The smallest absolute Gasteiger partial charge is 0.251 e. The number of aliphatic hydroxyl groups excluding tert-OH is 1. The van der Waals surface area contributed by atoms with E-state index < -0.39 is 0 Å². The highest BCUT2D eigenvalue weighted by molar-refractivity contribution is 14.1. The zero-order valence-electron chi connectivity index (χ0n) is 7.26. The first-order valence-electron chi connectivity index (χ1n) is 3.99. The van der Waals surface area contributed by atoms with Crippen molar-refractivity contribution >= 4 is 28.5 Å². The topological polar surface area (TPSA) is 49.3 Å². The third-order valence-electron chi connectivity index (χ3n) is 1.58. The number of carbonyl (C=O) groups excluding carboxylic acids is 1. The molecule has 0 heterocycles. The van der Waals surface area contributed by atoms with Crippen LogP contribution < -0.4 is 5.32 Å². The standard InChI is InChI=1S/C9H9FINO2/c10-7-2-1-6(5-8(7)11)9(14)12-3-4-13/h1-2,5,13H,3-4H2,(H,12,14). The number of benzene rings is 1. The van der Waals surface area contributed by atoms with Gasteiger partial charge in [-0.2, -0.15) is 0 Å². The SMILES string of the molecule is O=C(NCCO)c1ccc(F)c(I)c1. The van der Waals surface area contributed by atoms with Crippen molar-refractivity contribution in [2.75, 3.05) is 13.2 Å². The molecule has 5 heteroatoms. The average molecular weight is 309 g/mol. The van der Waals surface area contributed by atoms with Crippen molar-refractivity contribution in [2.45, 2.75) is 0 Å². The summed E-state index contributed by atoms with van der Waals surface area (Å²) in [7, 11) is 0. The third kappa shape index (κ3) is 2.91. The fourth-order valence-electron chi connectivity index (χ4n) is 0.909. The van der Waals surface area contributed by atoms with Crippen LogP contribution in [0.1, 0.15) is 10.4 Å². The number of nitrogens with one attached hydrogen (secondary N) is 1. The van der Waals surface area contributed by atoms with Gasteiger partial charge in [0.2, 0.25) is 0 Å². The van der Waals surface area contributed by atoms with E-state index in [4.69, 9.17) is 5.11 Å². The van der Waals surface area contributed by atoms with Crippen molar-refractivity contribution in [1.29, 1.82) is 0 Å². The molecule has 14 heavy (non-hydrogen) atoms. The molecule has 0 spiro atoms. The predicted octanol–water partition coefficient (Wildman–Crippen LogP) is 1.15. The molecular weight excluding hydrogens is 300 g/mol. The number of hydrogen-bond donors (Lipinski definition) is 2. The Bertz CT molecular complexity index is 344. The van der Waals surface area contributed by atoms with E-state index in [9.17, 15) is 9.18 Å².